The van der Waals surface area contributed by atoms with E-state index in [1.54, 1.807) is 65.0 Å². The van der Waals surface area contributed by atoms with Gasteiger partial charge in [-0.15, -0.1) is 6.58 Å². The number of hydrogen-bond acceptors (Lipinski definition) is 14. The van der Waals surface area contributed by atoms with Crippen molar-refractivity contribution in [2.75, 3.05) is 6.61 Å². The Labute approximate surface area is 326 Å². The summed E-state index contributed by atoms with van der Waals surface area (Å²) in [4.78, 5) is 68.1. The Morgan fingerprint density at radius 1 is 1.09 bits per heavy atom. The van der Waals surface area contributed by atoms with E-state index < -0.39 is 112 Å². The molecule has 3 aliphatic carbocycles. The molecule has 1 aromatic rings. The van der Waals surface area contributed by atoms with Gasteiger partial charge in [-0.25, -0.2) is 9.59 Å². The Hall–Kier alpha value is -4.15. The van der Waals surface area contributed by atoms with Crippen LogP contribution in [0.15, 0.2) is 54.1 Å². The van der Waals surface area contributed by atoms with Gasteiger partial charge in [0.15, 0.2) is 17.5 Å². The Kier molecular flexibility index (Phi) is 11.8. The largest absolute Gasteiger partial charge is 0.459 e. The molecule has 2 saturated carbocycles. The quantitative estimate of drug-likeness (QED) is 0.131. The first kappa shape index (κ1) is 43.0. The highest BCUT2D eigenvalue weighted by Gasteiger charge is 2.78. The first-order valence-corrected chi connectivity index (χ1v) is 18.8. The second kappa shape index (κ2) is 15.3. The molecule has 1 aliphatic heterocycles. The number of aliphatic hydroxyl groups is 4. The van der Waals surface area contributed by atoms with Gasteiger partial charge < -0.3 is 49.4 Å². The molecule has 1 aromatic carbocycles. The highest BCUT2D eigenvalue weighted by molar-refractivity contribution is 5.93. The molecule has 0 spiro atoms. The molecule has 308 valence electrons. The topological polar surface area (TPSA) is 224 Å². The predicted octanol–water partition coefficient (Wildman–Crippen LogP) is 2.91. The van der Waals surface area contributed by atoms with Gasteiger partial charge in [0.1, 0.15) is 35.6 Å². The first-order chi connectivity index (χ1) is 26.0. The van der Waals surface area contributed by atoms with Crippen molar-refractivity contribution in [1.29, 1.82) is 0 Å². The highest BCUT2D eigenvalue weighted by Crippen LogP contribution is 2.64. The number of amides is 1. The van der Waals surface area contributed by atoms with E-state index in [-0.39, 0.29) is 37.0 Å². The van der Waals surface area contributed by atoms with Crippen molar-refractivity contribution in [3.63, 3.8) is 0 Å². The Bertz CT molecular complexity index is 1770. The number of hydrogen-bond donors (Lipinski definition) is 5. The van der Waals surface area contributed by atoms with E-state index in [1.807, 2.05) is 0 Å². The summed E-state index contributed by atoms with van der Waals surface area (Å²) in [7, 11) is 0. The number of esters is 3. The molecule has 0 radical (unpaired) electrons. The van der Waals surface area contributed by atoms with Crippen LogP contribution in [-0.4, -0.2) is 110 Å². The minimum atomic E-state index is -2.31. The van der Waals surface area contributed by atoms with Crippen LogP contribution < -0.4 is 5.32 Å². The fraction of sp³-hybridized carbons (Fsp3) is 0.634. The number of fused-ring (bicyclic) bond motifs is 5. The highest BCUT2D eigenvalue weighted by atomic mass is 16.6. The van der Waals surface area contributed by atoms with E-state index in [4.69, 9.17) is 23.7 Å². The maximum Gasteiger partial charge on any atom is 0.408 e. The van der Waals surface area contributed by atoms with E-state index in [1.165, 1.54) is 19.9 Å². The summed E-state index contributed by atoms with van der Waals surface area (Å²) in [6.07, 6.45) is -9.80. The molecule has 11 atom stereocenters. The Balaban J connectivity index is 1.64. The van der Waals surface area contributed by atoms with Crippen molar-refractivity contribution >= 4 is 29.8 Å². The van der Waals surface area contributed by atoms with Gasteiger partial charge in [-0.1, -0.05) is 50.3 Å². The minimum Gasteiger partial charge on any atom is -0.459 e. The summed E-state index contributed by atoms with van der Waals surface area (Å²) < 4.78 is 29.3. The van der Waals surface area contributed by atoms with Crippen molar-refractivity contribution < 1.29 is 68.1 Å². The van der Waals surface area contributed by atoms with E-state index in [0.717, 1.165) is 6.92 Å². The number of benzene rings is 1. The standard InChI is InChI=1S/C41H55NO14/c1-10-11-17-27(45)54-34-32-39(9,25(44)18-26-40(32,20-52-26)55-22(3)43)33(48)30(46)28-21(2)24(19-41(34,51)38(28,7)8)53-35(49)31(47)29(23-15-13-12-14-16-23)42-36(50)56-37(4,5)6/h10,12-16,24-26,29-32,34,44,46-47,51H,1,11,17-20H2,2-9H3,(H,42,50)/t24-,25-,26?,29?,30-,31+,32-,34-,39+,40?,41?/m0/s1. The number of Topliss-reactive ketones (excluding diaryl/α,β-unsaturated/α-hetero) is 1. The maximum absolute atomic E-state index is 14.8. The molecule has 3 fully saturated rings. The summed E-state index contributed by atoms with van der Waals surface area (Å²) in [5.41, 5.74) is -8.06. The third-order valence-corrected chi connectivity index (χ3v) is 12.1. The average Bonchev–Trinajstić information content (AvgIpc) is 3.10. The average molecular weight is 786 g/mol. The zero-order valence-corrected chi connectivity index (χ0v) is 33.2. The summed E-state index contributed by atoms with van der Waals surface area (Å²) in [5.74, 6) is -5.19. The van der Waals surface area contributed by atoms with Gasteiger partial charge in [0.2, 0.25) is 0 Å². The van der Waals surface area contributed by atoms with Crippen LogP contribution in [0, 0.1) is 16.7 Å². The van der Waals surface area contributed by atoms with Gasteiger partial charge in [0.25, 0.3) is 0 Å². The molecule has 15 nitrogen and oxygen atoms in total. The summed E-state index contributed by atoms with van der Waals surface area (Å²) >= 11 is 0. The SMILES string of the molecule is C=CCCC(=O)O[C@H]1[C@@H]2C3(OC(C)=O)COC3C[C@H](O)[C@@]2(C)C(=O)[C@@H](O)C2=C(C)[C@@H](OC(=O)[C@H](O)C(NC(=O)OC(C)(C)C)c3ccccc3)CC1(O)C2(C)C. The molecule has 5 N–H and O–H groups in total. The van der Waals surface area contributed by atoms with Crippen molar-refractivity contribution in [3.05, 3.63) is 59.7 Å². The fourth-order valence-corrected chi connectivity index (χ4v) is 9.22. The van der Waals surface area contributed by atoms with Crippen molar-refractivity contribution in [1.82, 2.24) is 5.32 Å². The van der Waals surface area contributed by atoms with Crippen LogP contribution in [0.25, 0.3) is 0 Å². The van der Waals surface area contributed by atoms with Gasteiger partial charge in [0, 0.05) is 31.6 Å². The van der Waals surface area contributed by atoms with Gasteiger partial charge in [-0.2, -0.15) is 0 Å². The zero-order valence-electron chi connectivity index (χ0n) is 33.2. The molecule has 4 unspecified atom stereocenters. The number of ketones is 1. The summed E-state index contributed by atoms with van der Waals surface area (Å²) in [6, 6.07) is 6.78. The third kappa shape index (κ3) is 7.28. The zero-order chi connectivity index (χ0) is 41.8. The lowest BCUT2D eigenvalue weighted by Crippen LogP contribution is -2.81. The first-order valence-electron chi connectivity index (χ1n) is 18.8. The molecule has 4 aliphatic rings. The maximum atomic E-state index is 14.8. The van der Waals surface area contributed by atoms with Gasteiger partial charge in [-0.05, 0) is 57.7 Å². The van der Waals surface area contributed by atoms with E-state index >= 15 is 0 Å². The lowest BCUT2D eigenvalue weighted by atomic mass is 9.44. The molecular formula is C41H55NO14. The fourth-order valence-electron chi connectivity index (χ4n) is 9.22. The third-order valence-electron chi connectivity index (χ3n) is 12.1. The van der Waals surface area contributed by atoms with E-state index in [0.29, 0.717) is 5.56 Å². The smallest absolute Gasteiger partial charge is 0.408 e. The van der Waals surface area contributed by atoms with Crippen molar-refractivity contribution in [2.24, 2.45) is 16.7 Å². The normalized spacial score (nSPS) is 34.5. The molecule has 1 heterocycles. The molecule has 1 amide bonds. The number of carbonyl (C=O) groups is 5. The summed E-state index contributed by atoms with van der Waals surface area (Å²) in [5, 5.41) is 51.2. The number of allylic oxidation sites excluding steroid dienone is 1. The molecular weight excluding hydrogens is 730 g/mol. The van der Waals surface area contributed by atoms with Crippen molar-refractivity contribution in [2.45, 2.75) is 141 Å². The molecule has 2 bridgehead atoms. The number of nitrogens with one attached hydrogen (secondary N) is 1. The van der Waals surface area contributed by atoms with E-state index in [2.05, 4.69) is 11.9 Å². The number of carbonyl (C=O) groups excluding carboxylic acids is 5. The number of ether oxygens (including phenoxy) is 5. The van der Waals surface area contributed by atoms with Gasteiger partial charge in [0.05, 0.1) is 30.1 Å². The van der Waals surface area contributed by atoms with Crippen LogP contribution >= 0.6 is 0 Å². The Morgan fingerprint density at radius 2 is 1.73 bits per heavy atom. The lowest BCUT2D eigenvalue weighted by Gasteiger charge is -2.67. The van der Waals surface area contributed by atoms with Crippen molar-refractivity contribution in [3.8, 4) is 0 Å². The molecule has 15 heteroatoms. The van der Waals surface area contributed by atoms with E-state index in [9.17, 15) is 44.4 Å². The summed E-state index contributed by atoms with van der Waals surface area (Å²) in [6.45, 7) is 15.5. The van der Waals surface area contributed by atoms with Crippen LogP contribution in [0.5, 0.6) is 0 Å². The van der Waals surface area contributed by atoms with Crippen LogP contribution in [0.1, 0.15) is 92.7 Å². The number of aliphatic hydroxyl groups excluding tert-OH is 3. The number of rotatable bonds is 10. The molecule has 1 saturated heterocycles. The van der Waals surface area contributed by atoms with Gasteiger partial charge >= 0.3 is 24.0 Å². The van der Waals surface area contributed by atoms with Crippen LogP contribution in [0.4, 0.5) is 4.79 Å². The Morgan fingerprint density at radius 3 is 2.29 bits per heavy atom. The molecule has 0 aromatic heterocycles. The number of alkyl carbamates (subject to hydrolysis) is 1. The van der Waals surface area contributed by atoms with Crippen LogP contribution in [-0.2, 0) is 42.9 Å². The molecule has 56 heavy (non-hydrogen) atoms. The monoisotopic (exact) mass is 785 g/mol. The predicted molar refractivity (Wildman–Crippen MR) is 197 cm³/mol. The molecule has 5 rings (SSSR count). The van der Waals surface area contributed by atoms with Crippen LogP contribution in [0.2, 0.25) is 0 Å². The minimum absolute atomic E-state index is 0.0532. The van der Waals surface area contributed by atoms with Crippen LogP contribution in [0.3, 0.4) is 0 Å². The van der Waals surface area contributed by atoms with Gasteiger partial charge in [-0.3, -0.25) is 14.4 Å². The lowest BCUT2D eigenvalue weighted by molar-refractivity contribution is -0.347. The second-order valence-corrected chi connectivity index (χ2v) is 17.1. The second-order valence-electron chi connectivity index (χ2n) is 17.1.